The first-order valence-electron chi connectivity index (χ1n) is 3.89. The molecule has 0 amide bonds. The van der Waals surface area contributed by atoms with Gasteiger partial charge in [-0.05, 0) is 22.9 Å². The maximum absolute atomic E-state index is 9.47. The van der Waals surface area contributed by atoms with Crippen LogP contribution in [0.5, 0.6) is 5.75 Å². The molecular weight excluding hydrogens is 219 g/mol. The molecule has 0 saturated carbocycles. The molecule has 14 heavy (non-hydrogen) atoms. The lowest BCUT2D eigenvalue weighted by molar-refractivity contribution is 0.423. The van der Waals surface area contributed by atoms with Crippen molar-refractivity contribution < 1.29 is 15.2 Å². The zero-order valence-electron chi connectivity index (χ0n) is 7.01. The number of hydrogen-bond donors (Lipinski definition) is 4. The van der Waals surface area contributed by atoms with E-state index in [9.17, 15) is 5.11 Å². The van der Waals surface area contributed by atoms with E-state index in [0.29, 0.717) is 5.39 Å². The van der Waals surface area contributed by atoms with Crippen LogP contribution >= 0.6 is 24.0 Å². The van der Waals surface area contributed by atoms with Crippen LogP contribution < -0.4 is 5.46 Å². The molecule has 0 saturated heterocycles. The number of thiophene rings is 1. The van der Waals surface area contributed by atoms with E-state index in [0.717, 1.165) is 4.70 Å². The molecule has 72 valence electrons. The summed E-state index contributed by atoms with van der Waals surface area (Å²) in [5.41, 5.74) is 0.254. The predicted molar refractivity (Wildman–Crippen MR) is 60.6 cm³/mol. The van der Waals surface area contributed by atoms with Gasteiger partial charge in [0.05, 0.1) is 0 Å². The van der Waals surface area contributed by atoms with Gasteiger partial charge in [-0.15, -0.1) is 24.0 Å². The molecule has 3 N–H and O–H groups in total. The summed E-state index contributed by atoms with van der Waals surface area (Å²) in [4.78, 5) is 0.214. The molecule has 0 aliphatic carbocycles. The second kappa shape index (κ2) is 3.47. The van der Waals surface area contributed by atoms with Crippen molar-refractivity contribution in [1.82, 2.24) is 0 Å². The van der Waals surface area contributed by atoms with Gasteiger partial charge in [-0.3, -0.25) is 0 Å². The molecule has 0 aliphatic rings. The van der Waals surface area contributed by atoms with Crippen molar-refractivity contribution in [2.45, 2.75) is 4.90 Å². The smallest absolute Gasteiger partial charge is 0.490 e. The van der Waals surface area contributed by atoms with Gasteiger partial charge in [-0.25, -0.2) is 0 Å². The number of phenols is 1. The summed E-state index contributed by atoms with van der Waals surface area (Å²) in [6.45, 7) is 0. The van der Waals surface area contributed by atoms with Gasteiger partial charge in [-0.1, -0.05) is 0 Å². The third kappa shape index (κ3) is 1.40. The Bertz CT molecular complexity index is 481. The lowest BCUT2D eigenvalue weighted by Crippen LogP contribution is -2.31. The summed E-state index contributed by atoms with van der Waals surface area (Å²) in [6, 6.07) is 3.34. The van der Waals surface area contributed by atoms with Gasteiger partial charge in [0.2, 0.25) is 0 Å². The highest BCUT2D eigenvalue weighted by Crippen LogP contribution is 2.29. The van der Waals surface area contributed by atoms with Crippen molar-refractivity contribution in [1.29, 1.82) is 0 Å². The molecule has 2 aromatic rings. The fourth-order valence-corrected chi connectivity index (χ4v) is 2.51. The Labute approximate surface area is 90.2 Å². The monoisotopic (exact) mass is 226 g/mol. The molecule has 6 heteroatoms. The van der Waals surface area contributed by atoms with Crippen molar-refractivity contribution in [3.8, 4) is 5.75 Å². The zero-order valence-corrected chi connectivity index (χ0v) is 8.72. The first-order chi connectivity index (χ1) is 6.61. The average Bonchev–Trinajstić information content (AvgIpc) is 2.52. The minimum Gasteiger partial charge on any atom is -0.507 e. The van der Waals surface area contributed by atoms with Gasteiger partial charge >= 0.3 is 7.12 Å². The highest BCUT2D eigenvalue weighted by atomic mass is 32.1. The fraction of sp³-hybridized carbons (Fsp3) is 0. The van der Waals surface area contributed by atoms with Crippen LogP contribution in [0.15, 0.2) is 22.4 Å². The summed E-state index contributed by atoms with van der Waals surface area (Å²) in [5, 5.41) is 30.3. The summed E-state index contributed by atoms with van der Waals surface area (Å²) >= 11 is 5.46. The van der Waals surface area contributed by atoms with Crippen LogP contribution in [0, 0.1) is 0 Å². The molecule has 0 bridgehead atoms. The Hall–Kier alpha value is -0.685. The molecule has 0 spiro atoms. The molecule has 0 atom stereocenters. The standard InChI is InChI=1S/C8H7BO3S2/c10-5-3-6-4(1-2-14-6)7(8(5)13)9(11)12/h1-3,10-13H. The second-order valence-electron chi connectivity index (χ2n) is 2.86. The van der Waals surface area contributed by atoms with Crippen molar-refractivity contribution in [2.75, 3.05) is 0 Å². The van der Waals surface area contributed by atoms with Gasteiger partial charge in [0.25, 0.3) is 0 Å². The van der Waals surface area contributed by atoms with E-state index in [1.54, 1.807) is 12.1 Å². The topological polar surface area (TPSA) is 60.7 Å². The largest absolute Gasteiger partial charge is 0.507 e. The van der Waals surface area contributed by atoms with Crippen LogP contribution in [-0.4, -0.2) is 22.3 Å². The van der Waals surface area contributed by atoms with Gasteiger partial charge in [0.1, 0.15) is 5.75 Å². The molecular formula is C8H7BO3S2. The minimum atomic E-state index is -1.62. The van der Waals surface area contributed by atoms with Crippen LogP contribution in [0.4, 0.5) is 0 Å². The van der Waals surface area contributed by atoms with Crippen LogP contribution in [0.1, 0.15) is 0 Å². The third-order valence-corrected chi connectivity index (χ3v) is 3.34. The number of aromatic hydroxyl groups is 1. The summed E-state index contributed by atoms with van der Waals surface area (Å²) in [6.07, 6.45) is 0. The number of thiol groups is 1. The van der Waals surface area contributed by atoms with Crippen molar-refractivity contribution in [3.63, 3.8) is 0 Å². The molecule has 1 aromatic heterocycles. The van der Waals surface area contributed by atoms with E-state index >= 15 is 0 Å². The predicted octanol–water partition coefficient (Wildman–Crippen LogP) is 0.575. The summed E-state index contributed by atoms with van der Waals surface area (Å²) in [7, 11) is -1.62. The van der Waals surface area contributed by atoms with Crippen molar-refractivity contribution in [2.24, 2.45) is 0 Å². The maximum atomic E-state index is 9.47. The molecule has 0 radical (unpaired) electrons. The first-order valence-corrected chi connectivity index (χ1v) is 5.22. The van der Waals surface area contributed by atoms with Crippen molar-refractivity contribution in [3.05, 3.63) is 17.5 Å². The molecule has 0 aliphatic heterocycles. The summed E-state index contributed by atoms with van der Waals surface area (Å²) in [5.74, 6) is -0.0358. The lowest BCUT2D eigenvalue weighted by atomic mass is 9.78. The molecule has 0 unspecified atom stereocenters. The molecule has 0 fully saturated rings. The molecule has 3 nitrogen and oxygen atoms in total. The van der Waals surface area contributed by atoms with Crippen molar-refractivity contribution >= 4 is 46.6 Å². The Kier molecular flexibility index (Phi) is 2.44. The van der Waals surface area contributed by atoms with E-state index in [2.05, 4.69) is 12.6 Å². The second-order valence-corrected chi connectivity index (χ2v) is 4.26. The van der Waals surface area contributed by atoms with Gasteiger partial charge < -0.3 is 15.2 Å². The highest BCUT2D eigenvalue weighted by Gasteiger charge is 2.21. The average molecular weight is 226 g/mol. The summed E-state index contributed by atoms with van der Waals surface area (Å²) < 4.78 is 0.809. The minimum absolute atomic E-state index is 0.0358. The number of benzene rings is 1. The third-order valence-electron chi connectivity index (χ3n) is 2.01. The van der Waals surface area contributed by atoms with Crippen LogP contribution in [0.3, 0.4) is 0 Å². The van der Waals surface area contributed by atoms with Gasteiger partial charge in [-0.2, -0.15) is 0 Å². The van der Waals surface area contributed by atoms with E-state index in [4.69, 9.17) is 10.0 Å². The highest BCUT2D eigenvalue weighted by molar-refractivity contribution is 7.80. The molecule has 1 heterocycles. The Morgan fingerprint density at radius 3 is 2.71 bits per heavy atom. The number of hydrogen-bond acceptors (Lipinski definition) is 5. The molecule has 1 aromatic carbocycles. The van der Waals surface area contributed by atoms with E-state index < -0.39 is 7.12 Å². The quantitative estimate of drug-likeness (QED) is 0.425. The van der Waals surface area contributed by atoms with Crippen LogP contribution in [0.25, 0.3) is 10.1 Å². The Morgan fingerprint density at radius 1 is 1.36 bits per heavy atom. The first kappa shape index (κ1) is 9.85. The van der Waals surface area contributed by atoms with Crippen LogP contribution in [0.2, 0.25) is 0 Å². The van der Waals surface area contributed by atoms with Gasteiger partial charge in [0, 0.05) is 15.1 Å². The maximum Gasteiger partial charge on any atom is 0.490 e. The van der Waals surface area contributed by atoms with Crippen LogP contribution in [-0.2, 0) is 0 Å². The van der Waals surface area contributed by atoms with Gasteiger partial charge in [0.15, 0.2) is 0 Å². The number of fused-ring (bicyclic) bond motifs is 1. The lowest BCUT2D eigenvalue weighted by Gasteiger charge is -2.07. The van der Waals surface area contributed by atoms with E-state index in [-0.39, 0.29) is 16.1 Å². The molecule has 2 rings (SSSR count). The SMILES string of the molecule is OB(O)c1c(S)c(O)cc2sccc12. The fourth-order valence-electron chi connectivity index (χ4n) is 1.37. The Balaban J connectivity index is 2.86. The Morgan fingerprint density at radius 2 is 2.07 bits per heavy atom. The normalized spacial score (nSPS) is 10.8. The van der Waals surface area contributed by atoms with E-state index in [1.165, 1.54) is 11.3 Å². The number of phenolic OH excluding ortho intramolecular Hbond substituents is 1. The van der Waals surface area contributed by atoms with E-state index in [1.807, 2.05) is 5.38 Å². The number of rotatable bonds is 1. The zero-order chi connectivity index (χ0) is 10.3.